The van der Waals surface area contributed by atoms with Crippen LogP contribution in [-0.2, 0) is 4.79 Å². The van der Waals surface area contributed by atoms with E-state index in [1.54, 1.807) is 6.20 Å². The number of anilines is 1. The van der Waals surface area contributed by atoms with Gasteiger partial charge in [0.2, 0.25) is 5.91 Å². The number of piperidine rings is 1. The van der Waals surface area contributed by atoms with Crippen LogP contribution >= 0.6 is 0 Å². The zero-order chi connectivity index (χ0) is 18.5. The molecule has 1 amide bonds. The van der Waals surface area contributed by atoms with Crippen LogP contribution in [0, 0.1) is 6.92 Å². The van der Waals surface area contributed by atoms with Crippen LogP contribution in [0.3, 0.4) is 0 Å². The molecular weight excluding hydrogens is 326 g/mol. The first-order valence-electron chi connectivity index (χ1n) is 9.25. The third-order valence-electron chi connectivity index (χ3n) is 5.24. The van der Waals surface area contributed by atoms with E-state index in [0.717, 1.165) is 43.0 Å². The van der Waals surface area contributed by atoms with E-state index in [1.165, 1.54) is 0 Å². The van der Waals surface area contributed by atoms with Crippen molar-refractivity contribution in [2.75, 3.05) is 25.0 Å². The molecule has 0 bridgehead atoms. The fourth-order valence-corrected chi connectivity index (χ4v) is 3.45. The van der Waals surface area contributed by atoms with Crippen LogP contribution in [0.1, 0.15) is 43.4 Å². The van der Waals surface area contributed by atoms with Crippen molar-refractivity contribution in [1.82, 2.24) is 20.1 Å². The van der Waals surface area contributed by atoms with Crippen LogP contribution in [-0.4, -0.2) is 52.2 Å². The summed E-state index contributed by atoms with van der Waals surface area (Å²) >= 11 is 0. The molecule has 0 radical (unpaired) electrons. The molecule has 3 heterocycles. The second kappa shape index (κ2) is 8.25. The molecule has 3 rings (SSSR count). The number of hydrogen-bond acceptors (Lipinski definition) is 5. The van der Waals surface area contributed by atoms with Crippen LogP contribution in [0.15, 0.2) is 36.7 Å². The van der Waals surface area contributed by atoms with Crippen LogP contribution in [0.25, 0.3) is 0 Å². The Morgan fingerprint density at radius 1 is 1.27 bits per heavy atom. The second-order valence-electron chi connectivity index (χ2n) is 7.15. The van der Waals surface area contributed by atoms with Gasteiger partial charge in [-0.25, -0.2) is 0 Å². The van der Waals surface area contributed by atoms with Gasteiger partial charge in [0.15, 0.2) is 5.82 Å². The third kappa shape index (κ3) is 4.36. The quantitative estimate of drug-likeness (QED) is 0.827. The summed E-state index contributed by atoms with van der Waals surface area (Å²) in [5, 5.41) is 8.41. The van der Waals surface area contributed by atoms with Gasteiger partial charge in [0.05, 0.1) is 5.69 Å². The molecule has 0 aliphatic carbocycles. The number of aromatic nitrogens is 3. The standard InChI is InChI=1S/C20H27N5O/c1-15(17-5-4-10-21-14-17)13-20(26)25-11-8-18(9-12-25)24(3)19-7-6-16(2)22-23-19/h4-7,10,14-15,18H,8-9,11-13H2,1-3H3/t15-/m0/s1. The van der Waals surface area contributed by atoms with E-state index in [9.17, 15) is 4.79 Å². The molecule has 0 saturated carbocycles. The summed E-state index contributed by atoms with van der Waals surface area (Å²) in [6, 6.07) is 8.35. The van der Waals surface area contributed by atoms with Gasteiger partial charge in [0.25, 0.3) is 0 Å². The molecule has 26 heavy (non-hydrogen) atoms. The summed E-state index contributed by atoms with van der Waals surface area (Å²) in [5.74, 6) is 1.32. The molecule has 0 aromatic carbocycles. The summed E-state index contributed by atoms with van der Waals surface area (Å²) in [6.45, 7) is 5.62. The highest BCUT2D eigenvalue weighted by Gasteiger charge is 2.26. The topological polar surface area (TPSA) is 62.2 Å². The van der Waals surface area contributed by atoms with E-state index >= 15 is 0 Å². The van der Waals surface area contributed by atoms with Gasteiger partial charge in [-0.1, -0.05) is 13.0 Å². The molecule has 138 valence electrons. The highest BCUT2D eigenvalue weighted by molar-refractivity contribution is 5.77. The number of rotatable bonds is 5. The molecule has 0 N–H and O–H groups in total. The molecule has 1 atom stereocenters. The van der Waals surface area contributed by atoms with E-state index in [0.29, 0.717) is 12.5 Å². The Morgan fingerprint density at radius 2 is 2.04 bits per heavy atom. The summed E-state index contributed by atoms with van der Waals surface area (Å²) < 4.78 is 0. The minimum Gasteiger partial charge on any atom is -0.355 e. The maximum Gasteiger partial charge on any atom is 0.223 e. The molecule has 0 spiro atoms. The number of amides is 1. The van der Waals surface area contributed by atoms with Crippen molar-refractivity contribution in [3.05, 3.63) is 47.9 Å². The lowest BCUT2D eigenvalue weighted by molar-refractivity contribution is -0.132. The number of hydrogen-bond donors (Lipinski definition) is 0. The minimum absolute atomic E-state index is 0.194. The lowest BCUT2D eigenvalue weighted by Crippen LogP contribution is -2.46. The van der Waals surface area contributed by atoms with E-state index in [2.05, 4.69) is 34.1 Å². The average molecular weight is 353 g/mol. The first kappa shape index (κ1) is 18.3. The molecule has 1 fully saturated rings. The summed E-state index contributed by atoms with van der Waals surface area (Å²) in [7, 11) is 2.06. The highest BCUT2D eigenvalue weighted by Crippen LogP contribution is 2.23. The average Bonchev–Trinajstić information content (AvgIpc) is 2.69. The largest absolute Gasteiger partial charge is 0.355 e. The Bertz CT molecular complexity index is 711. The molecule has 0 unspecified atom stereocenters. The molecule has 2 aromatic heterocycles. The van der Waals surface area contributed by atoms with Gasteiger partial charge in [-0.15, -0.1) is 5.10 Å². The second-order valence-corrected chi connectivity index (χ2v) is 7.15. The van der Waals surface area contributed by atoms with Gasteiger partial charge in [0.1, 0.15) is 0 Å². The molecule has 2 aromatic rings. The molecule has 6 nitrogen and oxygen atoms in total. The lowest BCUT2D eigenvalue weighted by atomic mass is 9.97. The SMILES string of the molecule is Cc1ccc(N(C)C2CCN(C(=O)C[C@H](C)c3cccnc3)CC2)nn1. The first-order chi connectivity index (χ1) is 12.5. The van der Waals surface area contributed by atoms with Crippen molar-refractivity contribution < 1.29 is 4.79 Å². The number of carbonyl (C=O) groups excluding carboxylic acids is 1. The summed E-state index contributed by atoms with van der Waals surface area (Å²) in [6.07, 6.45) is 6.06. The van der Waals surface area contributed by atoms with E-state index in [4.69, 9.17) is 0 Å². The number of carbonyl (C=O) groups is 1. The van der Waals surface area contributed by atoms with Gasteiger partial charge in [0, 0.05) is 45.0 Å². The maximum absolute atomic E-state index is 12.6. The van der Waals surface area contributed by atoms with Crippen LogP contribution in [0.2, 0.25) is 0 Å². The minimum atomic E-state index is 0.194. The molecule has 6 heteroatoms. The number of likely N-dealkylation sites (tertiary alicyclic amines) is 1. The lowest BCUT2D eigenvalue weighted by Gasteiger charge is -2.37. The van der Waals surface area contributed by atoms with Crippen LogP contribution in [0.4, 0.5) is 5.82 Å². The Morgan fingerprint density at radius 3 is 2.65 bits per heavy atom. The Kier molecular flexibility index (Phi) is 5.81. The Labute approximate surface area is 155 Å². The summed E-state index contributed by atoms with van der Waals surface area (Å²) in [5.41, 5.74) is 2.04. The predicted molar refractivity (Wildman–Crippen MR) is 102 cm³/mol. The van der Waals surface area contributed by atoms with Gasteiger partial charge in [-0.2, -0.15) is 5.10 Å². The van der Waals surface area contributed by atoms with Gasteiger partial charge in [-0.05, 0) is 49.4 Å². The van der Waals surface area contributed by atoms with E-state index < -0.39 is 0 Å². The van der Waals surface area contributed by atoms with Crippen molar-refractivity contribution in [3.8, 4) is 0 Å². The normalized spacial score (nSPS) is 16.3. The first-order valence-corrected chi connectivity index (χ1v) is 9.25. The monoisotopic (exact) mass is 353 g/mol. The maximum atomic E-state index is 12.6. The van der Waals surface area contributed by atoms with Crippen molar-refractivity contribution >= 4 is 11.7 Å². The summed E-state index contributed by atoms with van der Waals surface area (Å²) in [4.78, 5) is 21.0. The fraction of sp³-hybridized carbons (Fsp3) is 0.500. The zero-order valence-corrected chi connectivity index (χ0v) is 15.8. The molecular formula is C20H27N5O. The van der Waals surface area contributed by atoms with Crippen LogP contribution < -0.4 is 4.90 Å². The van der Waals surface area contributed by atoms with Gasteiger partial charge in [-0.3, -0.25) is 9.78 Å². The fourth-order valence-electron chi connectivity index (χ4n) is 3.45. The zero-order valence-electron chi connectivity index (χ0n) is 15.8. The van der Waals surface area contributed by atoms with Gasteiger partial charge < -0.3 is 9.80 Å². The van der Waals surface area contributed by atoms with Crippen molar-refractivity contribution in [3.63, 3.8) is 0 Å². The third-order valence-corrected chi connectivity index (χ3v) is 5.24. The number of pyridine rings is 1. The number of aryl methyl sites for hydroxylation is 1. The van der Waals surface area contributed by atoms with Crippen molar-refractivity contribution in [2.24, 2.45) is 0 Å². The highest BCUT2D eigenvalue weighted by atomic mass is 16.2. The Balaban J connectivity index is 1.51. The molecule has 1 aliphatic heterocycles. The molecule has 1 aliphatic rings. The smallest absolute Gasteiger partial charge is 0.223 e. The predicted octanol–water partition coefficient (Wildman–Crippen LogP) is 2.80. The Hall–Kier alpha value is -2.50. The molecule has 1 saturated heterocycles. The van der Waals surface area contributed by atoms with E-state index in [-0.39, 0.29) is 11.8 Å². The van der Waals surface area contributed by atoms with Crippen molar-refractivity contribution in [2.45, 2.75) is 45.1 Å². The van der Waals surface area contributed by atoms with E-state index in [1.807, 2.05) is 42.3 Å². The van der Waals surface area contributed by atoms with Gasteiger partial charge >= 0.3 is 0 Å². The number of nitrogens with zero attached hydrogens (tertiary/aromatic N) is 5. The van der Waals surface area contributed by atoms with Crippen LogP contribution in [0.5, 0.6) is 0 Å². The van der Waals surface area contributed by atoms with Crippen molar-refractivity contribution in [1.29, 1.82) is 0 Å².